The van der Waals surface area contributed by atoms with E-state index in [0.29, 0.717) is 17.3 Å². The van der Waals surface area contributed by atoms with E-state index in [1.807, 2.05) is 0 Å². The van der Waals surface area contributed by atoms with Gasteiger partial charge in [-0.1, -0.05) is 98.1 Å². The first-order chi connectivity index (χ1) is 22.1. The number of allylic oxidation sites excluding steroid dienone is 1. The summed E-state index contributed by atoms with van der Waals surface area (Å²) < 4.78 is 12.1. The number of fused-ring (bicyclic) bond motifs is 5. The van der Waals surface area contributed by atoms with Gasteiger partial charge >= 0.3 is 5.97 Å². The summed E-state index contributed by atoms with van der Waals surface area (Å²) in [5, 5.41) is 0. The van der Waals surface area contributed by atoms with E-state index in [0.717, 1.165) is 85.6 Å². The van der Waals surface area contributed by atoms with Crippen LogP contribution in [0.25, 0.3) is 0 Å². The summed E-state index contributed by atoms with van der Waals surface area (Å²) in [4.78, 5) is 12.8. The van der Waals surface area contributed by atoms with Gasteiger partial charge in [-0.25, -0.2) is 0 Å². The Morgan fingerprint density at radius 1 is 0.870 bits per heavy atom. The van der Waals surface area contributed by atoms with E-state index in [-0.39, 0.29) is 12.1 Å². The van der Waals surface area contributed by atoms with Crippen molar-refractivity contribution in [2.75, 3.05) is 0 Å². The molecule has 4 aliphatic carbocycles. The van der Waals surface area contributed by atoms with Crippen molar-refractivity contribution >= 4 is 5.97 Å². The first-order valence-corrected chi connectivity index (χ1v) is 20.1. The van der Waals surface area contributed by atoms with Crippen molar-refractivity contribution in [3.05, 3.63) is 35.3 Å². The maximum atomic E-state index is 12.8. The van der Waals surface area contributed by atoms with Gasteiger partial charge in [-0.05, 0) is 123 Å². The Bertz CT molecular complexity index is 1130. The van der Waals surface area contributed by atoms with Crippen LogP contribution >= 0.6 is 0 Å². The predicted molar refractivity (Wildman–Crippen MR) is 192 cm³/mol. The molecule has 260 valence electrons. The maximum absolute atomic E-state index is 12.8. The molecule has 3 fully saturated rings. The molecule has 46 heavy (non-hydrogen) atoms. The molecule has 5 rings (SSSR count). The zero-order valence-corrected chi connectivity index (χ0v) is 30.8. The van der Waals surface area contributed by atoms with Gasteiger partial charge in [-0.2, -0.15) is 0 Å². The Morgan fingerprint density at radius 2 is 1.61 bits per heavy atom. The number of furan rings is 1. The molecule has 0 N–H and O–H groups in total. The summed E-state index contributed by atoms with van der Waals surface area (Å²) in [5.74, 6) is 7.52. The van der Waals surface area contributed by atoms with Gasteiger partial charge in [-0.15, -0.1) is 0 Å². The first-order valence-electron chi connectivity index (χ1n) is 20.1. The van der Waals surface area contributed by atoms with Crippen molar-refractivity contribution in [3.8, 4) is 0 Å². The largest absolute Gasteiger partial charge is 0.466 e. The van der Waals surface area contributed by atoms with Crippen LogP contribution in [-0.2, 0) is 22.4 Å². The summed E-state index contributed by atoms with van der Waals surface area (Å²) in [6.07, 6.45) is 27.9. The van der Waals surface area contributed by atoms with Crippen LogP contribution in [0.4, 0.5) is 0 Å². The number of ether oxygens (including phenoxy) is 1. The third-order valence-corrected chi connectivity index (χ3v) is 13.9. The molecule has 3 heteroatoms. The average Bonchev–Trinajstić information content (AvgIpc) is 3.63. The first kappa shape index (κ1) is 35.8. The van der Waals surface area contributed by atoms with E-state index >= 15 is 0 Å². The summed E-state index contributed by atoms with van der Waals surface area (Å²) >= 11 is 0. The lowest BCUT2D eigenvalue weighted by atomic mass is 9.47. The molecule has 0 bridgehead atoms. The van der Waals surface area contributed by atoms with Crippen molar-refractivity contribution in [3.63, 3.8) is 0 Å². The van der Waals surface area contributed by atoms with Gasteiger partial charge in [0, 0.05) is 25.7 Å². The van der Waals surface area contributed by atoms with Crippen LogP contribution in [0.15, 0.2) is 28.2 Å². The molecule has 0 aromatic carbocycles. The number of hydrogen-bond donors (Lipinski definition) is 0. The minimum absolute atomic E-state index is 0.0334. The van der Waals surface area contributed by atoms with E-state index in [2.05, 4.69) is 59.8 Å². The summed E-state index contributed by atoms with van der Waals surface area (Å²) in [5.41, 5.74) is 2.50. The number of carbonyl (C=O) groups is 1. The lowest BCUT2D eigenvalue weighted by Crippen LogP contribution is -2.51. The monoisotopic (exact) mass is 635 g/mol. The SMILES string of the molecule is CCCCc1ccc(CCCCCCCC(=O)OC2CCC3(C)C(=CCC4C3CCC3(C)C(C(C)CCCC(C)C)CCC43)C2)o1. The number of carbonyl (C=O) groups excluding carboxylic acids is 1. The Hall–Kier alpha value is -1.51. The molecule has 1 aromatic heterocycles. The van der Waals surface area contributed by atoms with E-state index in [1.54, 1.807) is 5.57 Å². The van der Waals surface area contributed by atoms with E-state index in [1.165, 1.54) is 89.9 Å². The highest BCUT2D eigenvalue weighted by Crippen LogP contribution is 2.67. The van der Waals surface area contributed by atoms with Gasteiger partial charge in [-0.3, -0.25) is 4.79 Å². The lowest BCUT2D eigenvalue weighted by Gasteiger charge is -2.58. The maximum Gasteiger partial charge on any atom is 0.306 e. The smallest absolute Gasteiger partial charge is 0.306 e. The van der Waals surface area contributed by atoms with Gasteiger partial charge in [0.05, 0.1) is 0 Å². The second kappa shape index (κ2) is 16.3. The zero-order valence-electron chi connectivity index (χ0n) is 30.8. The third kappa shape index (κ3) is 8.37. The van der Waals surface area contributed by atoms with Crippen molar-refractivity contribution in [1.29, 1.82) is 0 Å². The highest BCUT2D eigenvalue weighted by Gasteiger charge is 2.59. The number of unbranched alkanes of at least 4 members (excludes halogenated alkanes) is 5. The molecule has 3 saturated carbocycles. The molecule has 1 heterocycles. The molecule has 3 nitrogen and oxygen atoms in total. The van der Waals surface area contributed by atoms with Gasteiger partial charge in [0.1, 0.15) is 17.6 Å². The Labute approximate surface area is 283 Å². The Balaban J connectivity index is 1.02. The predicted octanol–water partition coefficient (Wildman–Crippen LogP) is 12.5. The molecule has 1 aromatic rings. The average molecular weight is 635 g/mol. The molecular weight excluding hydrogens is 564 g/mol. The molecule has 8 unspecified atom stereocenters. The summed E-state index contributed by atoms with van der Waals surface area (Å²) in [7, 11) is 0. The highest BCUT2D eigenvalue weighted by molar-refractivity contribution is 5.69. The van der Waals surface area contributed by atoms with Crippen LogP contribution in [0, 0.1) is 46.3 Å². The quantitative estimate of drug-likeness (QED) is 0.0972. The topological polar surface area (TPSA) is 39.4 Å². The minimum atomic E-state index is 0.0334. The summed E-state index contributed by atoms with van der Waals surface area (Å²) in [6.45, 7) is 14.8. The van der Waals surface area contributed by atoms with Crippen molar-refractivity contribution in [2.45, 2.75) is 182 Å². The van der Waals surface area contributed by atoms with Crippen LogP contribution in [0.5, 0.6) is 0 Å². The number of rotatable bonds is 17. The fourth-order valence-corrected chi connectivity index (χ4v) is 11.1. The van der Waals surface area contributed by atoms with Crippen molar-refractivity contribution < 1.29 is 13.9 Å². The third-order valence-electron chi connectivity index (χ3n) is 13.9. The van der Waals surface area contributed by atoms with Crippen LogP contribution in [-0.4, -0.2) is 12.1 Å². The van der Waals surface area contributed by atoms with Crippen LogP contribution < -0.4 is 0 Å². The molecule has 4 aliphatic rings. The van der Waals surface area contributed by atoms with Gasteiger partial charge in [0.15, 0.2) is 0 Å². The molecule has 0 saturated heterocycles. The highest BCUT2D eigenvalue weighted by atomic mass is 16.5. The Morgan fingerprint density at radius 3 is 2.37 bits per heavy atom. The lowest BCUT2D eigenvalue weighted by molar-refractivity contribution is -0.151. The molecule has 0 radical (unpaired) electrons. The normalized spacial score (nSPS) is 32.8. The van der Waals surface area contributed by atoms with E-state index in [9.17, 15) is 4.79 Å². The Kier molecular flexibility index (Phi) is 12.7. The van der Waals surface area contributed by atoms with Crippen molar-refractivity contribution in [1.82, 2.24) is 0 Å². The van der Waals surface area contributed by atoms with Gasteiger partial charge in [0.25, 0.3) is 0 Å². The molecule has 0 spiro atoms. The van der Waals surface area contributed by atoms with Gasteiger partial charge < -0.3 is 9.15 Å². The van der Waals surface area contributed by atoms with Crippen LogP contribution in [0.1, 0.15) is 175 Å². The number of hydrogen-bond acceptors (Lipinski definition) is 3. The zero-order chi connectivity index (χ0) is 32.7. The fraction of sp³-hybridized carbons (Fsp3) is 0.837. The molecule has 0 aliphatic heterocycles. The molecule has 8 atom stereocenters. The van der Waals surface area contributed by atoms with Crippen molar-refractivity contribution in [2.24, 2.45) is 46.3 Å². The second-order valence-electron chi connectivity index (χ2n) is 17.4. The number of aryl methyl sites for hydroxylation is 2. The molecule has 0 amide bonds. The van der Waals surface area contributed by atoms with Crippen LogP contribution in [0.2, 0.25) is 0 Å². The second-order valence-corrected chi connectivity index (χ2v) is 17.4. The standard InChI is InChI=1S/C43H70O3/c1-7-8-17-34-21-22-35(45-34)18-12-10-9-11-13-19-41(44)46-36-26-28-42(5)33(30-36)20-23-37-39-25-24-38(32(4)16-14-15-31(2)3)43(39,6)29-27-40(37)42/h20-22,31-32,36-40H,7-19,23-30H2,1-6H3. The minimum Gasteiger partial charge on any atom is -0.466 e. The molecular formula is C43H70O3. The summed E-state index contributed by atoms with van der Waals surface area (Å²) in [6, 6.07) is 4.31. The van der Waals surface area contributed by atoms with E-state index < -0.39 is 0 Å². The van der Waals surface area contributed by atoms with E-state index in [4.69, 9.17) is 9.15 Å². The fourth-order valence-electron chi connectivity index (χ4n) is 11.1. The van der Waals surface area contributed by atoms with Gasteiger partial charge in [0.2, 0.25) is 0 Å². The number of esters is 1. The van der Waals surface area contributed by atoms with Crippen LogP contribution in [0.3, 0.4) is 0 Å².